The standard InChI is InChI=1S/C41H26N2OS/c1-3-13-27(14-4-1)31-18-9-11-21-35(31)43(30-23-24-38-34(26-30)33-20-10-12-22-37(33)45-38)36-25-29-17-7-8-19-32(29)40-39(36)42-41(44-40)28-15-5-2-6-16-28/h1-26H. The number of anilines is 3. The summed E-state index contributed by atoms with van der Waals surface area (Å²) < 4.78 is 9.19. The summed E-state index contributed by atoms with van der Waals surface area (Å²) in [4.78, 5) is 7.56. The summed E-state index contributed by atoms with van der Waals surface area (Å²) in [5.74, 6) is 0.610. The molecule has 9 rings (SSSR count). The lowest BCUT2D eigenvalue weighted by Gasteiger charge is -2.28. The molecule has 45 heavy (non-hydrogen) atoms. The first kappa shape index (κ1) is 25.8. The molecule has 4 heteroatoms. The van der Waals surface area contributed by atoms with Crippen LogP contribution in [0.5, 0.6) is 0 Å². The molecule has 0 saturated heterocycles. The van der Waals surface area contributed by atoms with Gasteiger partial charge in [0.15, 0.2) is 5.58 Å². The second-order valence-corrected chi connectivity index (χ2v) is 12.3. The van der Waals surface area contributed by atoms with Crippen molar-refractivity contribution in [1.82, 2.24) is 4.98 Å². The molecular formula is C41H26N2OS. The molecule has 2 aromatic heterocycles. The second-order valence-electron chi connectivity index (χ2n) is 11.2. The van der Waals surface area contributed by atoms with Crippen LogP contribution in [-0.4, -0.2) is 4.98 Å². The van der Waals surface area contributed by atoms with E-state index in [1.54, 1.807) is 0 Å². The zero-order chi connectivity index (χ0) is 29.7. The van der Waals surface area contributed by atoms with Gasteiger partial charge < -0.3 is 9.32 Å². The van der Waals surface area contributed by atoms with Gasteiger partial charge in [-0.2, -0.15) is 0 Å². The van der Waals surface area contributed by atoms with Crippen molar-refractivity contribution < 1.29 is 4.42 Å². The van der Waals surface area contributed by atoms with Crippen LogP contribution in [-0.2, 0) is 0 Å². The Bertz CT molecular complexity index is 2500. The van der Waals surface area contributed by atoms with E-state index in [4.69, 9.17) is 9.40 Å². The summed E-state index contributed by atoms with van der Waals surface area (Å²) in [7, 11) is 0. The van der Waals surface area contributed by atoms with Gasteiger partial charge in [0, 0.05) is 42.4 Å². The highest BCUT2D eigenvalue weighted by Crippen LogP contribution is 2.47. The van der Waals surface area contributed by atoms with Crippen LogP contribution in [0.2, 0.25) is 0 Å². The molecule has 0 bridgehead atoms. The SMILES string of the molecule is c1ccc(-c2nc3c(N(c4ccc5sc6ccccc6c5c4)c4ccccc4-c4ccccc4)cc4ccccc4c3o2)cc1. The maximum atomic E-state index is 6.62. The third-order valence-electron chi connectivity index (χ3n) is 8.48. The number of thiophene rings is 1. The van der Waals surface area contributed by atoms with Gasteiger partial charge in [0.1, 0.15) is 5.52 Å². The first-order chi connectivity index (χ1) is 22.3. The van der Waals surface area contributed by atoms with Crippen LogP contribution in [0.15, 0.2) is 162 Å². The predicted molar refractivity (Wildman–Crippen MR) is 190 cm³/mol. The molecule has 0 aliphatic rings. The van der Waals surface area contributed by atoms with Crippen LogP contribution in [0.4, 0.5) is 17.1 Å². The van der Waals surface area contributed by atoms with Crippen molar-refractivity contribution >= 4 is 70.4 Å². The molecule has 0 saturated carbocycles. The zero-order valence-electron chi connectivity index (χ0n) is 24.2. The number of nitrogens with zero attached hydrogens (tertiary/aromatic N) is 2. The summed E-state index contributed by atoms with van der Waals surface area (Å²) in [5.41, 5.74) is 7.96. The Labute approximate surface area is 264 Å². The van der Waals surface area contributed by atoms with Crippen LogP contribution in [0.1, 0.15) is 0 Å². The third-order valence-corrected chi connectivity index (χ3v) is 9.63. The van der Waals surface area contributed by atoms with Gasteiger partial charge in [-0.15, -0.1) is 11.3 Å². The van der Waals surface area contributed by atoms with E-state index >= 15 is 0 Å². The molecule has 0 N–H and O–H groups in total. The van der Waals surface area contributed by atoms with E-state index in [2.05, 4.69) is 132 Å². The maximum absolute atomic E-state index is 6.62. The van der Waals surface area contributed by atoms with Crippen molar-refractivity contribution in [3.05, 3.63) is 158 Å². The minimum atomic E-state index is 0.610. The Morgan fingerprint density at radius 1 is 0.511 bits per heavy atom. The van der Waals surface area contributed by atoms with Gasteiger partial charge in [-0.05, 0) is 59.5 Å². The molecule has 7 aromatic carbocycles. The first-order valence-electron chi connectivity index (χ1n) is 15.1. The van der Waals surface area contributed by atoms with Gasteiger partial charge in [0.2, 0.25) is 5.89 Å². The molecule has 9 aromatic rings. The first-order valence-corrected chi connectivity index (χ1v) is 15.9. The van der Waals surface area contributed by atoms with Gasteiger partial charge >= 0.3 is 0 Å². The topological polar surface area (TPSA) is 29.3 Å². The normalized spacial score (nSPS) is 11.6. The highest BCUT2D eigenvalue weighted by Gasteiger charge is 2.24. The summed E-state index contributed by atoms with van der Waals surface area (Å²) in [6.45, 7) is 0. The largest absolute Gasteiger partial charge is 0.435 e. The molecule has 2 heterocycles. The van der Waals surface area contributed by atoms with Crippen molar-refractivity contribution in [1.29, 1.82) is 0 Å². The van der Waals surface area contributed by atoms with E-state index < -0.39 is 0 Å². The Balaban J connectivity index is 1.38. The number of hydrogen-bond donors (Lipinski definition) is 0. The third kappa shape index (κ3) is 4.30. The molecule has 0 spiro atoms. The summed E-state index contributed by atoms with van der Waals surface area (Å²) >= 11 is 1.83. The van der Waals surface area contributed by atoms with Gasteiger partial charge in [-0.1, -0.05) is 109 Å². The number of hydrogen-bond acceptors (Lipinski definition) is 4. The van der Waals surface area contributed by atoms with Crippen molar-refractivity contribution in [2.24, 2.45) is 0 Å². The number of oxazole rings is 1. The van der Waals surface area contributed by atoms with Crippen LogP contribution >= 0.6 is 11.3 Å². The predicted octanol–water partition coefficient (Wildman–Crippen LogP) is 12.2. The highest BCUT2D eigenvalue weighted by molar-refractivity contribution is 7.25. The number of aromatic nitrogens is 1. The Morgan fingerprint density at radius 2 is 1.18 bits per heavy atom. The van der Waals surface area contributed by atoms with E-state index in [9.17, 15) is 0 Å². The fraction of sp³-hybridized carbons (Fsp3) is 0. The fourth-order valence-corrected chi connectivity index (χ4v) is 7.47. The smallest absolute Gasteiger partial charge is 0.227 e. The van der Waals surface area contributed by atoms with Gasteiger partial charge in [0.25, 0.3) is 0 Å². The van der Waals surface area contributed by atoms with E-state index in [0.717, 1.165) is 55.6 Å². The Morgan fingerprint density at radius 3 is 2.02 bits per heavy atom. The average Bonchev–Trinajstić information content (AvgIpc) is 3.72. The lowest BCUT2D eigenvalue weighted by Crippen LogP contribution is -2.12. The molecule has 3 nitrogen and oxygen atoms in total. The van der Waals surface area contributed by atoms with Crippen molar-refractivity contribution in [2.75, 3.05) is 4.90 Å². The molecule has 0 radical (unpaired) electrons. The van der Waals surface area contributed by atoms with Crippen LogP contribution in [0.3, 0.4) is 0 Å². The number of rotatable bonds is 5. The number of benzene rings is 7. The molecule has 0 unspecified atom stereocenters. The molecule has 212 valence electrons. The van der Waals surface area contributed by atoms with E-state index in [1.807, 2.05) is 41.7 Å². The lowest BCUT2D eigenvalue weighted by atomic mass is 10.0. The maximum Gasteiger partial charge on any atom is 0.227 e. The summed E-state index contributed by atoms with van der Waals surface area (Å²) in [6.07, 6.45) is 0. The molecule has 0 atom stereocenters. The average molecular weight is 595 g/mol. The molecule has 0 fully saturated rings. The van der Waals surface area contributed by atoms with Crippen molar-refractivity contribution in [3.63, 3.8) is 0 Å². The van der Waals surface area contributed by atoms with Gasteiger partial charge in [-0.3, -0.25) is 0 Å². The number of fused-ring (bicyclic) bond motifs is 6. The van der Waals surface area contributed by atoms with Crippen LogP contribution in [0, 0.1) is 0 Å². The quantitative estimate of drug-likeness (QED) is 0.198. The fourth-order valence-electron chi connectivity index (χ4n) is 6.39. The minimum Gasteiger partial charge on any atom is -0.435 e. The zero-order valence-corrected chi connectivity index (χ0v) is 25.0. The molecular weight excluding hydrogens is 569 g/mol. The second kappa shape index (κ2) is 10.5. The molecule has 0 amide bonds. The van der Waals surface area contributed by atoms with Crippen LogP contribution in [0.25, 0.3) is 64.6 Å². The van der Waals surface area contributed by atoms with E-state index in [0.29, 0.717) is 5.89 Å². The van der Waals surface area contributed by atoms with Crippen molar-refractivity contribution in [3.8, 4) is 22.6 Å². The Hall–Kier alpha value is -5.71. The molecule has 0 aliphatic carbocycles. The monoisotopic (exact) mass is 594 g/mol. The minimum absolute atomic E-state index is 0.610. The summed E-state index contributed by atoms with van der Waals surface area (Å²) in [6, 6.07) is 55.5. The lowest BCUT2D eigenvalue weighted by molar-refractivity contribution is 0.623. The van der Waals surface area contributed by atoms with Gasteiger partial charge in [0.05, 0.1) is 11.4 Å². The van der Waals surface area contributed by atoms with Crippen LogP contribution < -0.4 is 4.90 Å². The highest BCUT2D eigenvalue weighted by atomic mass is 32.1. The summed E-state index contributed by atoms with van der Waals surface area (Å²) in [5, 5.41) is 4.66. The van der Waals surface area contributed by atoms with Crippen molar-refractivity contribution in [2.45, 2.75) is 0 Å². The van der Waals surface area contributed by atoms with E-state index in [-0.39, 0.29) is 0 Å². The Kier molecular flexibility index (Phi) is 6.00. The molecule has 0 aliphatic heterocycles. The van der Waals surface area contributed by atoms with Gasteiger partial charge in [-0.25, -0.2) is 4.98 Å². The number of para-hydroxylation sites is 1. The van der Waals surface area contributed by atoms with E-state index in [1.165, 1.54) is 20.2 Å².